The molecule has 0 radical (unpaired) electrons. The molecule has 1 unspecified atom stereocenters. The zero-order chi connectivity index (χ0) is 13.7. The van der Waals surface area contributed by atoms with E-state index in [0.29, 0.717) is 5.56 Å². The average Bonchev–Trinajstić information content (AvgIpc) is 2.93. The van der Waals surface area contributed by atoms with Crippen molar-refractivity contribution in [1.82, 2.24) is 5.32 Å². The number of carboxylic acid groups (broad SMARTS) is 1. The number of aliphatic carboxylic acids is 1. The van der Waals surface area contributed by atoms with Gasteiger partial charge in [0.1, 0.15) is 0 Å². The predicted molar refractivity (Wildman–Crippen MR) is 74.4 cm³/mol. The fourth-order valence-corrected chi connectivity index (χ4v) is 3.33. The minimum absolute atomic E-state index is 0.177. The van der Waals surface area contributed by atoms with Crippen molar-refractivity contribution < 1.29 is 14.7 Å². The highest BCUT2D eigenvalue weighted by atomic mass is 32.1. The zero-order valence-corrected chi connectivity index (χ0v) is 11.6. The number of hydrogen-bond donors (Lipinski definition) is 2. The molecule has 1 amide bonds. The van der Waals surface area contributed by atoms with Crippen LogP contribution in [0, 0.1) is 11.8 Å². The first-order valence-corrected chi connectivity index (χ1v) is 7.66. The van der Waals surface area contributed by atoms with Crippen LogP contribution in [0.3, 0.4) is 0 Å². The van der Waals surface area contributed by atoms with Crippen molar-refractivity contribution in [3.05, 3.63) is 22.4 Å². The van der Waals surface area contributed by atoms with Crippen LogP contribution in [0.15, 0.2) is 16.8 Å². The van der Waals surface area contributed by atoms with Gasteiger partial charge in [-0.1, -0.05) is 19.3 Å². The van der Waals surface area contributed by atoms with Crippen LogP contribution in [-0.4, -0.2) is 23.5 Å². The molecule has 0 aliphatic heterocycles. The van der Waals surface area contributed by atoms with Gasteiger partial charge in [-0.05, 0) is 30.2 Å². The van der Waals surface area contributed by atoms with E-state index in [2.05, 4.69) is 5.32 Å². The fourth-order valence-electron chi connectivity index (χ4n) is 2.69. The van der Waals surface area contributed by atoms with E-state index in [1.54, 1.807) is 11.4 Å². The average molecular weight is 281 g/mol. The molecule has 1 saturated carbocycles. The molecule has 0 spiro atoms. The van der Waals surface area contributed by atoms with Gasteiger partial charge in [-0.3, -0.25) is 9.59 Å². The molecule has 1 aliphatic rings. The number of hydrogen-bond acceptors (Lipinski definition) is 3. The van der Waals surface area contributed by atoms with E-state index in [1.165, 1.54) is 17.8 Å². The number of rotatable bonds is 5. The lowest BCUT2D eigenvalue weighted by Crippen LogP contribution is -2.37. The lowest BCUT2D eigenvalue weighted by Gasteiger charge is -2.27. The first kappa shape index (κ1) is 14.1. The number of thiophene rings is 1. The SMILES string of the molecule is O=C(NCC(C(=O)O)C1CCCCC1)c1ccsc1. The highest BCUT2D eigenvalue weighted by molar-refractivity contribution is 7.08. The number of nitrogens with one attached hydrogen (secondary N) is 1. The Morgan fingerprint density at radius 3 is 2.68 bits per heavy atom. The first-order chi connectivity index (χ1) is 9.18. The molecule has 0 aromatic carbocycles. The van der Waals surface area contributed by atoms with E-state index >= 15 is 0 Å². The van der Waals surface area contributed by atoms with E-state index in [0.717, 1.165) is 25.7 Å². The van der Waals surface area contributed by atoms with Gasteiger partial charge in [-0.2, -0.15) is 11.3 Å². The Balaban J connectivity index is 1.90. The van der Waals surface area contributed by atoms with Crippen LogP contribution in [0.2, 0.25) is 0 Å². The number of carboxylic acids is 1. The van der Waals surface area contributed by atoms with Crippen LogP contribution < -0.4 is 5.32 Å². The highest BCUT2D eigenvalue weighted by Gasteiger charge is 2.29. The summed E-state index contributed by atoms with van der Waals surface area (Å²) in [6.07, 6.45) is 5.33. The Labute approximate surface area is 116 Å². The van der Waals surface area contributed by atoms with Crippen molar-refractivity contribution in [2.75, 3.05) is 6.54 Å². The normalized spacial score (nSPS) is 17.9. The van der Waals surface area contributed by atoms with Crippen molar-refractivity contribution in [3.8, 4) is 0 Å². The standard InChI is InChI=1S/C14H19NO3S/c16-13(11-6-7-19-9-11)15-8-12(14(17)18)10-4-2-1-3-5-10/h6-7,9-10,12H,1-5,8H2,(H,15,16)(H,17,18). The molecule has 104 valence electrons. The summed E-state index contributed by atoms with van der Waals surface area (Å²) in [7, 11) is 0. The molecule has 5 heteroatoms. The number of carbonyl (C=O) groups is 2. The Hall–Kier alpha value is -1.36. The minimum Gasteiger partial charge on any atom is -0.481 e. The Morgan fingerprint density at radius 2 is 2.11 bits per heavy atom. The van der Waals surface area contributed by atoms with Crippen LogP contribution >= 0.6 is 11.3 Å². The summed E-state index contributed by atoms with van der Waals surface area (Å²) in [6, 6.07) is 1.75. The molecular formula is C14H19NO3S. The fraction of sp³-hybridized carbons (Fsp3) is 0.571. The highest BCUT2D eigenvalue weighted by Crippen LogP contribution is 2.30. The molecule has 1 atom stereocenters. The Kier molecular flexibility index (Phi) is 4.96. The van der Waals surface area contributed by atoms with Gasteiger partial charge in [0.25, 0.3) is 5.91 Å². The van der Waals surface area contributed by atoms with Gasteiger partial charge >= 0.3 is 5.97 Å². The third-order valence-corrected chi connectivity index (χ3v) is 4.49. The minimum atomic E-state index is -0.794. The molecule has 1 aliphatic carbocycles. The van der Waals surface area contributed by atoms with E-state index in [9.17, 15) is 14.7 Å². The molecule has 0 saturated heterocycles. The van der Waals surface area contributed by atoms with Gasteiger partial charge in [-0.15, -0.1) is 0 Å². The molecule has 2 N–H and O–H groups in total. The van der Waals surface area contributed by atoms with E-state index in [1.807, 2.05) is 5.38 Å². The molecule has 2 rings (SSSR count). The summed E-state index contributed by atoms with van der Waals surface area (Å²) >= 11 is 1.46. The van der Waals surface area contributed by atoms with Crippen LogP contribution in [0.25, 0.3) is 0 Å². The summed E-state index contributed by atoms with van der Waals surface area (Å²) in [5.74, 6) is -1.22. The van der Waals surface area contributed by atoms with Crippen molar-refractivity contribution in [2.24, 2.45) is 11.8 Å². The molecule has 19 heavy (non-hydrogen) atoms. The van der Waals surface area contributed by atoms with Gasteiger partial charge in [-0.25, -0.2) is 0 Å². The van der Waals surface area contributed by atoms with Crippen LogP contribution in [0.5, 0.6) is 0 Å². The van der Waals surface area contributed by atoms with Gasteiger partial charge < -0.3 is 10.4 Å². The second-order valence-electron chi connectivity index (χ2n) is 5.06. The molecular weight excluding hydrogens is 262 g/mol. The molecule has 1 heterocycles. The summed E-state index contributed by atoms with van der Waals surface area (Å²) in [5, 5.41) is 15.7. The lowest BCUT2D eigenvalue weighted by atomic mass is 9.80. The first-order valence-electron chi connectivity index (χ1n) is 6.71. The monoisotopic (exact) mass is 281 g/mol. The summed E-state index contributed by atoms with van der Waals surface area (Å²) < 4.78 is 0. The zero-order valence-electron chi connectivity index (χ0n) is 10.8. The summed E-state index contributed by atoms with van der Waals surface area (Å²) in [4.78, 5) is 23.2. The van der Waals surface area contributed by atoms with Gasteiger partial charge in [0.15, 0.2) is 0 Å². The quantitative estimate of drug-likeness (QED) is 0.872. The van der Waals surface area contributed by atoms with Gasteiger partial charge in [0.2, 0.25) is 0 Å². The maximum absolute atomic E-state index is 11.8. The molecule has 4 nitrogen and oxygen atoms in total. The number of amides is 1. The Bertz CT molecular complexity index is 424. The second-order valence-corrected chi connectivity index (χ2v) is 5.84. The van der Waals surface area contributed by atoms with Crippen LogP contribution in [-0.2, 0) is 4.79 Å². The molecule has 0 bridgehead atoms. The van der Waals surface area contributed by atoms with Crippen molar-refractivity contribution in [1.29, 1.82) is 0 Å². The second kappa shape index (κ2) is 6.70. The molecule has 1 aromatic heterocycles. The topological polar surface area (TPSA) is 66.4 Å². The van der Waals surface area contributed by atoms with Crippen LogP contribution in [0.4, 0.5) is 0 Å². The molecule has 1 fully saturated rings. The van der Waals surface area contributed by atoms with Crippen LogP contribution in [0.1, 0.15) is 42.5 Å². The largest absolute Gasteiger partial charge is 0.481 e. The van der Waals surface area contributed by atoms with Gasteiger partial charge in [0, 0.05) is 17.5 Å². The number of carbonyl (C=O) groups excluding carboxylic acids is 1. The maximum atomic E-state index is 11.8. The maximum Gasteiger partial charge on any atom is 0.308 e. The third kappa shape index (κ3) is 3.80. The Morgan fingerprint density at radius 1 is 1.37 bits per heavy atom. The lowest BCUT2D eigenvalue weighted by molar-refractivity contribution is -0.143. The van der Waals surface area contributed by atoms with E-state index in [4.69, 9.17) is 0 Å². The predicted octanol–water partition coefficient (Wildman–Crippen LogP) is 2.76. The van der Waals surface area contributed by atoms with E-state index in [-0.39, 0.29) is 18.4 Å². The smallest absolute Gasteiger partial charge is 0.308 e. The van der Waals surface area contributed by atoms with Crippen molar-refractivity contribution in [2.45, 2.75) is 32.1 Å². The van der Waals surface area contributed by atoms with Crippen molar-refractivity contribution >= 4 is 23.2 Å². The summed E-state index contributed by atoms with van der Waals surface area (Å²) in [6.45, 7) is 0.231. The van der Waals surface area contributed by atoms with Crippen molar-refractivity contribution in [3.63, 3.8) is 0 Å². The summed E-state index contributed by atoms with van der Waals surface area (Å²) in [5.41, 5.74) is 0.609. The molecule has 1 aromatic rings. The third-order valence-electron chi connectivity index (χ3n) is 3.80. The van der Waals surface area contributed by atoms with Gasteiger partial charge in [0.05, 0.1) is 5.92 Å². The van der Waals surface area contributed by atoms with E-state index < -0.39 is 11.9 Å².